The van der Waals surface area contributed by atoms with Crippen LogP contribution in [-0.2, 0) is 15.7 Å². The molecule has 0 aliphatic carbocycles. The van der Waals surface area contributed by atoms with E-state index in [9.17, 15) is 22.8 Å². The first-order valence-electron chi connectivity index (χ1n) is 8.07. The second kappa shape index (κ2) is 9.45. The summed E-state index contributed by atoms with van der Waals surface area (Å²) in [6.07, 6.45) is -4.68. The summed E-state index contributed by atoms with van der Waals surface area (Å²) in [7, 11) is 0. The van der Waals surface area contributed by atoms with Gasteiger partial charge in [-0.25, -0.2) is 4.79 Å². The maximum atomic E-state index is 12.9. The van der Waals surface area contributed by atoms with Gasteiger partial charge in [0, 0.05) is 17.2 Å². The van der Waals surface area contributed by atoms with Crippen molar-refractivity contribution in [2.24, 2.45) is 0 Å². The first-order valence-corrected chi connectivity index (χ1v) is 9.05. The van der Waals surface area contributed by atoms with Gasteiger partial charge in [-0.3, -0.25) is 4.79 Å². The van der Waals surface area contributed by atoms with Crippen molar-refractivity contribution in [3.8, 4) is 0 Å². The average Bonchev–Trinajstić information content (AvgIpc) is 2.64. The Morgan fingerprint density at radius 3 is 2.41 bits per heavy atom. The van der Waals surface area contributed by atoms with Gasteiger partial charge in [0.15, 0.2) is 6.61 Å². The van der Waals surface area contributed by atoms with E-state index in [1.54, 1.807) is 11.8 Å². The van der Waals surface area contributed by atoms with Gasteiger partial charge in [0.2, 0.25) is 0 Å². The first-order chi connectivity index (χ1) is 12.8. The lowest BCUT2D eigenvalue weighted by Crippen LogP contribution is -2.30. The number of esters is 1. The fourth-order valence-corrected chi connectivity index (χ4v) is 2.93. The fraction of sp³-hybridized carbons (Fsp3) is 0.263. The van der Waals surface area contributed by atoms with Gasteiger partial charge in [-0.15, -0.1) is 11.8 Å². The van der Waals surface area contributed by atoms with E-state index in [0.717, 1.165) is 22.6 Å². The summed E-state index contributed by atoms with van der Waals surface area (Å²) < 4.78 is 43.4. The van der Waals surface area contributed by atoms with Crippen molar-refractivity contribution in [3.63, 3.8) is 0 Å². The Balaban J connectivity index is 1.75. The number of rotatable bonds is 7. The Labute approximate surface area is 159 Å². The summed E-state index contributed by atoms with van der Waals surface area (Å²) in [5.41, 5.74) is -0.556. The highest BCUT2D eigenvalue weighted by Gasteiger charge is 2.35. The lowest BCUT2D eigenvalue weighted by atomic mass is 10.1. The minimum atomic E-state index is -4.68. The smallest absolute Gasteiger partial charge is 0.417 e. The highest BCUT2D eigenvalue weighted by molar-refractivity contribution is 7.99. The number of amides is 1. The lowest BCUT2D eigenvalue weighted by molar-refractivity contribution is -0.138. The highest BCUT2D eigenvalue weighted by Crippen LogP contribution is 2.32. The van der Waals surface area contributed by atoms with Crippen LogP contribution >= 0.6 is 11.8 Å². The molecule has 4 nitrogen and oxygen atoms in total. The monoisotopic (exact) mass is 397 g/mol. The van der Waals surface area contributed by atoms with E-state index < -0.39 is 35.8 Å². The average molecular weight is 397 g/mol. The number of alkyl halides is 3. The van der Waals surface area contributed by atoms with Crippen LogP contribution in [0.1, 0.15) is 21.5 Å². The molecule has 1 N–H and O–H groups in total. The number of nitrogens with one attached hydrogen (secondary N) is 1. The van der Waals surface area contributed by atoms with Crippen LogP contribution in [0.4, 0.5) is 13.2 Å². The zero-order valence-electron chi connectivity index (χ0n) is 14.5. The topological polar surface area (TPSA) is 55.4 Å². The highest BCUT2D eigenvalue weighted by atomic mass is 32.2. The van der Waals surface area contributed by atoms with Crippen molar-refractivity contribution in [2.75, 3.05) is 18.9 Å². The largest absolute Gasteiger partial charge is 0.452 e. The van der Waals surface area contributed by atoms with Crippen molar-refractivity contribution in [1.29, 1.82) is 0 Å². The molecular weight excluding hydrogens is 379 g/mol. The Morgan fingerprint density at radius 1 is 1.07 bits per heavy atom. The predicted octanol–water partition coefficient (Wildman–Crippen LogP) is 4.08. The first kappa shape index (κ1) is 20.8. The SMILES string of the molecule is Cc1ccc(SCCNC(=O)COC(=O)c2ccccc2C(F)(F)F)cc1. The second-order valence-corrected chi connectivity index (χ2v) is 6.80. The van der Waals surface area contributed by atoms with Gasteiger partial charge in [0.1, 0.15) is 0 Å². The normalized spacial score (nSPS) is 11.1. The molecule has 0 atom stereocenters. The molecule has 2 aromatic rings. The minimum absolute atomic E-state index is 0.341. The van der Waals surface area contributed by atoms with E-state index in [-0.39, 0.29) is 0 Å². The van der Waals surface area contributed by atoms with Crippen LogP contribution in [0, 0.1) is 6.92 Å². The molecule has 0 spiro atoms. The molecule has 0 radical (unpaired) electrons. The lowest BCUT2D eigenvalue weighted by Gasteiger charge is -2.12. The number of benzene rings is 2. The third kappa shape index (κ3) is 6.63. The molecule has 0 saturated heterocycles. The van der Waals surface area contributed by atoms with E-state index in [1.807, 2.05) is 31.2 Å². The van der Waals surface area contributed by atoms with Crippen LogP contribution in [0.25, 0.3) is 0 Å². The second-order valence-electron chi connectivity index (χ2n) is 5.63. The van der Waals surface area contributed by atoms with Crippen LogP contribution in [0.5, 0.6) is 0 Å². The summed E-state index contributed by atoms with van der Waals surface area (Å²) >= 11 is 1.55. The number of hydrogen-bond acceptors (Lipinski definition) is 4. The molecule has 0 aromatic heterocycles. The standard InChI is InChI=1S/C19H18F3NO3S/c1-13-6-8-14(9-7-13)27-11-10-23-17(24)12-26-18(25)15-4-2-3-5-16(15)19(20,21)22/h2-9H,10-12H2,1H3,(H,23,24). The van der Waals surface area contributed by atoms with E-state index in [1.165, 1.54) is 12.1 Å². The summed E-state index contributed by atoms with van der Waals surface area (Å²) in [5, 5.41) is 2.56. The molecule has 8 heteroatoms. The number of hydrogen-bond donors (Lipinski definition) is 1. The molecule has 2 aromatic carbocycles. The van der Waals surface area contributed by atoms with Crippen LogP contribution < -0.4 is 5.32 Å². The number of ether oxygens (including phenoxy) is 1. The van der Waals surface area contributed by atoms with Crippen molar-refractivity contribution in [3.05, 3.63) is 65.2 Å². The maximum absolute atomic E-state index is 12.9. The third-order valence-corrected chi connectivity index (χ3v) is 4.51. The van der Waals surface area contributed by atoms with Crippen molar-refractivity contribution in [1.82, 2.24) is 5.32 Å². The van der Waals surface area contributed by atoms with Crippen LogP contribution in [0.15, 0.2) is 53.4 Å². The molecule has 2 rings (SSSR count). The summed E-state index contributed by atoms with van der Waals surface area (Å²) in [5.74, 6) is -1.15. The summed E-state index contributed by atoms with van der Waals surface area (Å²) in [6.45, 7) is 1.69. The molecule has 1 amide bonds. The van der Waals surface area contributed by atoms with Crippen LogP contribution in [0.2, 0.25) is 0 Å². The quantitative estimate of drug-likeness (QED) is 0.435. The van der Waals surface area contributed by atoms with E-state index in [0.29, 0.717) is 12.3 Å². The van der Waals surface area contributed by atoms with Crippen molar-refractivity contribution < 1.29 is 27.5 Å². The van der Waals surface area contributed by atoms with Gasteiger partial charge in [0.25, 0.3) is 5.91 Å². The molecule has 27 heavy (non-hydrogen) atoms. The molecule has 0 heterocycles. The van der Waals surface area contributed by atoms with Gasteiger partial charge < -0.3 is 10.1 Å². The molecule has 0 saturated carbocycles. The Hall–Kier alpha value is -2.48. The molecule has 0 aliphatic heterocycles. The van der Waals surface area contributed by atoms with Crippen molar-refractivity contribution >= 4 is 23.6 Å². The fourth-order valence-electron chi connectivity index (χ4n) is 2.16. The number of thioether (sulfide) groups is 1. The third-order valence-electron chi connectivity index (χ3n) is 3.50. The molecule has 0 aliphatic rings. The van der Waals surface area contributed by atoms with E-state index >= 15 is 0 Å². The number of aryl methyl sites for hydroxylation is 1. The number of carbonyl (C=O) groups excluding carboxylic acids is 2. The zero-order valence-corrected chi connectivity index (χ0v) is 15.3. The Kier molecular flexibility index (Phi) is 7.29. The molecule has 0 bridgehead atoms. The van der Waals surface area contributed by atoms with Gasteiger partial charge in [-0.2, -0.15) is 13.2 Å². The van der Waals surface area contributed by atoms with E-state index in [2.05, 4.69) is 5.32 Å². The van der Waals surface area contributed by atoms with Gasteiger partial charge in [-0.1, -0.05) is 29.8 Å². The summed E-state index contributed by atoms with van der Waals surface area (Å²) in [6, 6.07) is 12.2. The molecular formula is C19H18F3NO3S. The predicted molar refractivity (Wildman–Crippen MR) is 96.6 cm³/mol. The van der Waals surface area contributed by atoms with Crippen LogP contribution in [0.3, 0.4) is 0 Å². The van der Waals surface area contributed by atoms with Gasteiger partial charge in [0.05, 0.1) is 11.1 Å². The van der Waals surface area contributed by atoms with E-state index in [4.69, 9.17) is 4.74 Å². The minimum Gasteiger partial charge on any atom is -0.452 e. The van der Waals surface area contributed by atoms with Crippen molar-refractivity contribution in [2.45, 2.75) is 18.0 Å². The molecule has 0 unspecified atom stereocenters. The maximum Gasteiger partial charge on any atom is 0.417 e. The number of carbonyl (C=O) groups is 2. The summed E-state index contributed by atoms with van der Waals surface area (Å²) in [4.78, 5) is 24.6. The van der Waals surface area contributed by atoms with Gasteiger partial charge in [-0.05, 0) is 31.2 Å². The Morgan fingerprint density at radius 2 is 1.74 bits per heavy atom. The molecule has 144 valence electrons. The number of halogens is 3. The Bertz CT molecular complexity index is 792. The van der Waals surface area contributed by atoms with Gasteiger partial charge >= 0.3 is 12.1 Å². The zero-order chi connectivity index (χ0) is 19.9. The molecule has 0 fully saturated rings. The van der Waals surface area contributed by atoms with Crippen LogP contribution in [-0.4, -0.2) is 30.8 Å².